The van der Waals surface area contributed by atoms with Crippen molar-refractivity contribution < 1.29 is 0 Å². The molecule has 69 heavy (non-hydrogen) atoms. The first-order valence-corrected chi connectivity index (χ1v) is 31.5. The van der Waals surface area contributed by atoms with Crippen molar-refractivity contribution in [1.82, 2.24) is 0 Å². The first kappa shape index (κ1) is 62.9. The number of benzene rings is 2. The topological polar surface area (TPSA) is 24.7 Å². The number of nitrogens with zero attached hydrogens (tertiary/aromatic N) is 2. The molecule has 0 fully saturated rings. The molecule has 396 valence electrons. The van der Waals surface area contributed by atoms with E-state index in [1.54, 1.807) is 0 Å². The first-order chi connectivity index (χ1) is 34.2. The van der Waals surface area contributed by atoms with E-state index in [-0.39, 0.29) is 0 Å². The number of hydrogen-bond acceptors (Lipinski definition) is 2. The van der Waals surface area contributed by atoms with Crippen molar-refractivity contribution >= 4 is 22.8 Å². The van der Waals surface area contributed by atoms with E-state index in [9.17, 15) is 0 Å². The van der Waals surface area contributed by atoms with Gasteiger partial charge in [-0.2, -0.15) is 0 Å². The van der Waals surface area contributed by atoms with Crippen molar-refractivity contribution in [1.29, 1.82) is 0 Å². The lowest BCUT2D eigenvalue weighted by atomic mass is 9.99. The molecule has 0 unspecified atom stereocenters. The molecule has 2 nitrogen and oxygen atoms in total. The highest BCUT2D eigenvalue weighted by molar-refractivity contribution is 6.43. The number of unbranched alkanes of at least 4 members (excludes halogenated alkanes) is 41. The summed E-state index contributed by atoms with van der Waals surface area (Å²) in [4.78, 5) is 11.1. The fourth-order valence-electron chi connectivity index (χ4n) is 10.5. The van der Waals surface area contributed by atoms with Crippen LogP contribution in [-0.4, -0.2) is 11.4 Å². The van der Waals surface area contributed by atoms with Gasteiger partial charge in [0, 0.05) is 0 Å². The Kier molecular flexibility index (Phi) is 45.0. The summed E-state index contributed by atoms with van der Waals surface area (Å²) in [5.41, 5.74) is 7.67. The van der Waals surface area contributed by atoms with Crippen molar-refractivity contribution in [3.8, 4) is 0 Å². The Morgan fingerprint density at radius 2 is 0.478 bits per heavy atom. The van der Waals surface area contributed by atoms with Gasteiger partial charge < -0.3 is 0 Å². The molecule has 2 aromatic carbocycles. The smallest absolute Gasteiger partial charge is 0.0636 e. The summed E-state index contributed by atoms with van der Waals surface area (Å²) < 4.78 is 0. The van der Waals surface area contributed by atoms with Crippen LogP contribution in [0.4, 0.5) is 11.4 Å². The van der Waals surface area contributed by atoms with Gasteiger partial charge in [0.2, 0.25) is 0 Å². The van der Waals surface area contributed by atoms with Gasteiger partial charge in [0.25, 0.3) is 0 Å². The van der Waals surface area contributed by atoms with Gasteiger partial charge in [-0.3, -0.25) is 9.98 Å². The van der Waals surface area contributed by atoms with E-state index < -0.39 is 0 Å². The monoisotopic (exact) mass is 951 g/mol. The standard InChI is InChI=1S/C67H118N2/c1-5-9-13-17-20-23-26-29-30-31-32-33-36-39-42-45-49-59-67(69-65-57-51-55-63(61-65)53-47-44-41-38-35-28-25-22-19-15-11-7-3)66(58-48-16-12-8-4)68-64-56-50-54-62(60-64)52-46-43-40-37-34-27-24-21-18-14-10-6-2/h50-51,54-57,60-61H,5-49,52-53,58-59H2,1-4H3. The van der Waals surface area contributed by atoms with E-state index >= 15 is 0 Å². The highest BCUT2D eigenvalue weighted by atomic mass is 14.8. The molecule has 0 saturated heterocycles. The van der Waals surface area contributed by atoms with Crippen LogP contribution in [-0.2, 0) is 12.8 Å². The van der Waals surface area contributed by atoms with Crippen LogP contribution >= 0.6 is 0 Å². The van der Waals surface area contributed by atoms with Crippen molar-refractivity contribution in [2.75, 3.05) is 0 Å². The first-order valence-electron chi connectivity index (χ1n) is 31.5. The predicted octanol–water partition coefficient (Wildman–Crippen LogP) is 24.0. The van der Waals surface area contributed by atoms with Crippen LogP contribution in [0, 0.1) is 0 Å². The van der Waals surface area contributed by atoms with Crippen molar-refractivity contribution in [3.63, 3.8) is 0 Å². The molecule has 0 atom stereocenters. The average Bonchev–Trinajstić information content (AvgIpc) is 3.36. The summed E-state index contributed by atoms with van der Waals surface area (Å²) >= 11 is 0. The van der Waals surface area contributed by atoms with Crippen molar-refractivity contribution in [2.24, 2.45) is 9.98 Å². The van der Waals surface area contributed by atoms with E-state index in [0.29, 0.717) is 0 Å². The zero-order chi connectivity index (χ0) is 49.2. The van der Waals surface area contributed by atoms with E-state index in [0.717, 1.165) is 24.2 Å². The molecule has 0 aromatic heterocycles. The summed E-state index contributed by atoms with van der Waals surface area (Å²) in [6.07, 6.45) is 67.0. The Morgan fingerprint density at radius 1 is 0.261 bits per heavy atom. The van der Waals surface area contributed by atoms with Gasteiger partial charge in [-0.15, -0.1) is 0 Å². The molecular formula is C67H118N2. The molecule has 0 amide bonds. The molecule has 0 bridgehead atoms. The minimum Gasteiger partial charge on any atom is -0.252 e. The maximum atomic E-state index is 5.56. The fourth-order valence-corrected chi connectivity index (χ4v) is 10.5. The van der Waals surface area contributed by atoms with Gasteiger partial charge in [-0.25, -0.2) is 0 Å². The van der Waals surface area contributed by atoms with Gasteiger partial charge >= 0.3 is 0 Å². The molecule has 2 rings (SSSR count). The molecule has 0 aliphatic heterocycles. The van der Waals surface area contributed by atoms with Crippen LogP contribution in [0.2, 0.25) is 0 Å². The van der Waals surface area contributed by atoms with Crippen LogP contribution in [0.3, 0.4) is 0 Å². The van der Waals surface area contributed by atoms with Gasteiger partial charge in [-0.05, 0) is 86.8 Å². The average molecular weight is 952 g/mol. The maximum Gasteiger partial charge on any atom is 0.0636 e. The SMILES string of the molecule is CCCCCCCCCCCCCCCCCCCC(=Nc1cccc(CCCCCCCCCCCCCC)c1)C(CCCCCC)=Nc1cccc(CCCCCCCCCCCCCC)c1. The van der Waals surface area contributed by atoms with Crippen LogP contribution in [0.25, 0.3) is 0 Å². The molecule has 2 heteroatoms. The van der Waals surface area contributed by atoms with E-state index in [2.05, 4.69) is 76.2 Å². The normalized spacial score (nSPS) is 12.2. The van der Waals surface area contributed by atoms with E-state index in [1.807, 2.05) is 0 Å². The van der Waals surface area contributed by atoms with Gasteiger partial charge in [0.1, 0.15) is 0 Å². The zero-order valence-electron chi connectivity index (χ0n) is 47.2. The molecule has 0 heterocycles. The molecule has 0 N–H and O–H groups in total. The number of hydrogen-bond donors (Lipinski definition) is 0. The zero-order valence-corrected chi connectivity index (χ0v) is 47.2. The fraction of sp³-hybridized carbons (Fsp3) is 0.791. The minimum absolute atomic E-state index is 1.03. The largest absolute Gasteiger partial charge is 0.252 e. The Balaban J connectivity index is 2.01. The molecule has 2 aromatic rings. The van der Waals surface area contributed by atoms with Crippen LogP contribution in [0.1, 0.15) is 341 Å². The third-order valence-corrected chi connectivity index (χ3v) is 15.1. The second kappa shape index (κ2) is 49.4. The van der Waals surface area contributed by atoms with Crippen LogP contribution < -0.4 is 0 Å². The molecule has 0 aliphatic carbocycles. The third kappa shape index (κ3) is 39.0. The van der Waals surface area contributed by atoms with Crippen molar-refractivity contribution in [3.05, 3.63) is 59.7 Å². The number of aliphatic imine (C=N–C) groups is 2. The van der Waals surface area contributed by atoms with E-state index in [4.69, 9.17) is 9.98 Å². The summed E-state index contributed by atoms with van der Waals surface area (Å²) in [6, 6.07) is 18.5. The van der Waals surface area contributed by atoms with Crippen LogP contribution in [0.5, 0.6) is 0 Å². The Labute approximate surface area is 432 Å². The molecular weight excluding hydrogens is 833 g/mol. The van der Waals surface area contributed by atoms with E-state index in [1.165, 1.54) is 324 Å². The minimum atomic E-state index is 1.03. The highest BCUT2D eigenvalue weighted by Crippen LogP contribution is 2.24. The summed E-state index contributed by atoms with van der Waals surface area (Å²) in [7, 11) is 0. The van der Waals surface area contributed by atoms with Gasteiger partial charge in [0.05, 0.1) is 22.8 Å². The van der Waals surface area contributed by atoms with Gasteiger partial charge in [-0.1, -0.05) is 315 Å². The lowest BCUT2D eigenvalue weighted by Crippen LogP contribution is -2.14. The summed E-state index contributed by atoms with van der Waals surface area (Å²) in [5, 5.41) is 0. The van der Waals surface area contributed by atoms with Crippen molar-refractivity contribution in [2.45, 2.75) is 342 Å². The second-order valence-electron chi connectivity index (χ2n) is 22.0. The Hall–Kier alpha value is -2.22. The molecule has 0 saturated carbocycles. The lowest BCUT2D eigenvalue weighted by molar-refractivity contribution is 0.528. The summed E-state index contributed by atoms with van der Waals surface area (Å²) in [6.45, 7) is 9.26. The molecule has 0 radical (unpaired) electrons. The third-order valence-electron chi connectivity index (χ3n) is 15.1. The Bertz CT molecular complexity index is 1440. The lowest BCUT2D eigenvalue weighted by Gasteiger charge is -2.13. The molecule has 0 aliphatic rings. The predicted molar refractivity (Wildman–Crippen MR) is 314 cm³/mol. The summed E-state index contributed by atoms with van der Waals surface area (Å²) in [5.74, 6) is 0. The maximum absolute atomic E-state index is 5.56. The van der Waals surface area contributed by atoms with Gasteiger partial charge in [0.15, 0.2) is 0 Å². The van der Waals surface area contributed by atoms with Crippen LogP contribution in [0.15, 0.2) is 58.5 Å². The number of rotatable bonds is 52. The number of aryl methyl sites for hydroxylation is 2. The highest BCUT2D eigenvalue weighted by Gasteiger charge is 2.12. The second-order valence-corrected chi connectivity index (χ2v) is 22.0. The quantitative estimate of drug-likeness (QED) is 0.0466. The Morgan fingerprint density at radius 3 is 0.739 bits per heavy atom. The molecule has 0 spiro atoms.